The van der Waals surface area contributed by atoms with Crippen molar-refractivity contribution in [3.8, 4) is 0 Å². The molecule has 1 saturated heterocycles. The molecule has 0 radical (unpaired) electrons. The molecule has 1 aromatic carbocycles. The van der Waals surface area contributed by atoms with E-state index in [4.69, 9.17) is 11.6 Å². The van der Waals surface area contributed by atoms with Crippen molar-refractivity contribution in [2.45, 2.75) is 46.2 Å². The first-order valence-electron chi connectivity index (χ1n) is 8.38. The third-order valence-electron chi connectivity index (χ3n) is 4.62. The largest absolute Gasteiger partial charge is 0.342 e. The lowest BCUT2D eigenvalue weighted by atomic mass is 9.89. The van der Waals surface area contributed by atoms with Crippen molar-refractivity contribution >= 4 is 17.5 Å². The van der Waals surface area contributed by atoms with Crippen LogP contribution in [-0.2, 0) is 11.3 Å². The Kier molecular flexibility index (Phi) is 6.42. The fraction of sp³-hybridized carbons (Fsp3) is 0.611. The average Bonchev–Trinajstić information content (AvgIpc) is 2.55. The van der Waals surface area contributed by atoms with Gasteiger partial charge in [-0.2, -0.15) is 0 Å². The predicted molar refractivity (Wildman–Crippen MR) is 91.9 cm³/mol. The van der Waals surface area contributed by atoms with Crippen molar-refractivity contribution in [1.82, 2.24) is 10.2 Å². The molecule has 0 bridgehead atoms. The summed E-state index contributed by atoms with van der Waals surface area (Å²) in [5.74, 6) is 0.342. The van der Waals surface area contributed by atoms with E-state index in [-0.39, 0.29) is 22.7 Å². The molecular formula is C18H26ClFN2O. The average molecular weight is 341 g/mol. The van der Waals surface area contributed by atoms with E-state index in [2.05, 4.69) is 12.2 Å². The Morgan fingerprint density at radius 1 is 1.48 bits per heavy atom. The second kappa shape index (κ2) is 8.11. The fourth-order valence-electron chi connectivity index (χ4n) is 3.18. The zero-order valence-electron chi connectivity index (χ0n) is 14.1. The van der Waals surface area contributed by atoms with Gasteiger partial charge in [0.15, 0.2) is 0 Å². The molecule has 0 spiro atoms. The van der Waals surface area contributed by atoms with Crippen LogP contribution in [0, 0.1) is 17.7 Å². The molecule has 1 aliphatic heterocycles. The Bertz CT molecular complexity index is 550. The maximum absolute atomic E-state index is 13.5. The molecule has 128 valence electrons. The smallest absolute Gasteiger partial charge is 0.225 e. The summed E-state index contributed by atoms with van der Waals surface area (Å²) < 4.78 is 13.5. The summed E-state index contributed by atoms with van der Waals surface area (Å²) in [6.07, 6.45) is 1.96. The van der Waals surface area contributed by atoms with Gasteiger partial charge in [-0.3, -0.25) is 4.79 Å². The minimum atomic E-state index is -0.379. The summed E-state index contributed by atoms with van der Waals surface area (Å²) >= 11 is 5.71. The number of piperidine rings is 1. The van der Waals surface area contributed by atoms with Crippen LogP contribution in [0.3, 0.4) is 0 Å². The van der Waals surface area contributed by atoms with E-state index in [9.17, 15) is 9.18 Å². The monoisotopic (exact) mass is 340 g/mol. The van der Waals surface area contributed by atoms with Crippen molar-refractivity contribution in [1.29, 1.82) is 0 Å². The van der Waals surface area contributed by atoms with Crippen molar-refractivity contribution < 1.29 is 9.18 Å². The number of halogens is 2. The normalized spacial score (nSPS) is 21.7. The molecule has 1 N–H and O–H groups in total. The Morgan fingerprint density at radius 3 is 2.83 bits per heavy atom. The minimum Gasteiger partial charge on any atom is -0.342 e. The lowest BCUT2D eigenvalue weighted by Gasteiger charge is -2.39. The molecule has 2 atom stereocenters. The summed E-state index contributed by atoms with van der Waals surface area (Å²) in [6.45, 7) is 8.27. The Balaban J connectivity index is 1.93. The van der Waals surface area contributed by atoms with Crippen LogP contribution >= 0.6 is 11.6 Å². The van der Waals surface area contributed by atoms with E-state index in [0.29, 0.717) is 18.5 Å². The second-order valence-electron chi connectivity index (χ2n) is 6.63. The molecule has 1 aliphatic rings. The number of nitrogens with one attached hydrogen (secondary N) is 1. The Morgan fingerprint density at radius 2 is 2.22 bits per heavy atom. The first-order chi connectivity index (χ1) is 10.9. The molecule has 1 aromatic rings. The number of nitrogens with zero attached hydrogens (tertiary/aromatic N) is 1. The van der Waals surface area contributed by atoms with Crippen LogP contribution in [0.2, 0.25) is 5.02 Å². The number of benzene rings is 1. The molecule has 0 aromatic heterocycles. The van der Waals surface area contributed by atoms with Gasteiger partial charge in [-0.1, -0.05) is 44.9 Å². The van der Waals surface area contributed by atoms with Gasteiger partial charge in [-0.05, 0) is 30.0 Å². The summed E-state index contributed by atoms with van der Waals surface area (Å²) in [6, 6.07) is 5.27. The van der Waals surface area contributed by atoms with Crippen molar-refractivity contribution in [3.05, 3.63) is 34.6 Å². The van der Waals surface area contributed by atoms with Crippen molar-refractivity contribution in [2.75, 3.05) is 13.1 Å². The quantitative estimate of drug-likeness (QED) is 0.883. The maximum atomic E-state index is 13.5. The molecule has 0 aliphatic carbocycles. The van der Waals surface area contributed by atoms with Crippen molar-refractivity contribution in [3.63, 3.8) is 0 Å². The molecule has 1 heterocycles. The number of rotatable bonds is 5. The van der Waals surface area contributed by atoms with E-state index in [0.717, 1.165) is 31.5 Å². The van der Waals surface area contributed by atoms with Crippen LogP contribution in [0.5, 0.6) is 0 Å². The highest BCUT2D eigenvalue weighted by Crippen LogP contribution is 2.22. The van der Waals surface area contributed by atoms with Gasteiger partial charge in [0.2, 0.25) is 5.91 Å². The van der Waals surface area contributed by atoms with E-state index in [1.807, 2.05) is 24.8 Å². The zero-order chi connectivity index (χ0) is 17.0. The maximum Gasteiger partial charge on any atom is 0.225 e. The molecule has 3 nitrogen and oxygen atoms in total. The number of hydrogen-bond donors (Lipinski definition) is 1. The Labute approximate surface area is 143 Å². The summed E-state index contributed by atoms with van der Waals surface area (Å²) in [5, 5.41) is 3.68. The van der Waals surface area contributed by atoms with Crippen LogP contribution in [0.4, 0.5) is 4.39 Å². The first-order valence-corrected chi connectivity index (χ1v) is 8.76. The molecule has 5 heteroatoms. The van der Waals surface area contributed by atoms with Gasteiger partial charge in [0.1, 0.15) is 5.82 Å². The van der Waals surface area contributed by atoms with Crippen LogP contribution in [0.15, 0.2) is 18.2 Å². The molecule has 0 saturated carbocycles. The lowest BCUT2D eigenvalue weighted by Crippen LogP contribution is -2.51. The number of amides is 1. The third kappa shape index (κ3) is 4.67. The van der Waals surface area contributed by atoms with Crippen LogP contribution in [-0.4, -0.2) is 29.9 Å². The topological polar surface area (TPSA) is 32.3 Å². The molecule has 23 heavy (non-hydrogen) atoms. The van der Waals surface area contributed by atoms with Gasteiger partial charge in [-0.25, -0.2) is 4.39 Å². The minimum absolute atomic E-state index is 0.0501. The zero-order valence-corrected chi connectivity index (χ0v) is 14.9. The molecule has 0 unspecified atom stereocenters. The molecule has 1 fully saturated rings. The summed E-state index contributed by atoms with van der Waals surface area (Å²) in [4.78, 5) is 14.2. The fourth-order valence-corrected chi connectivity index (χ4v) is 3.30. The van der Waals surface area contributed by atoms with Crippen LogP contribution < -0.4 is 5.32 Å². The van der Waals surface area contributed by atoms with Gasteiger partial charge in [0, 0.05) is 31.6 Å². The number of hydrogen-bond acceptors (Lipinski definition) is 2. The number of carbonyl (C=O) groups excluding carboxylic acids is 1. The van der Waals surface area contributed by atoms with Crippen LogP contribution in [0.1, 0.15) is 39.2 Å². The molecule has 1 amide bonds. The van der Waals surface area contributed by atoms with Crippen molar-refractivity contribution in [2.24, 2.45) is 11.8 Å². The number of likely N-dealkylation sites (tertiary alicyclic amines) is 1. The predicted octanol–water partition coefficient (Wildman–Crippen LogP) is 3.85. The first kappa shape index (κ1) is 18.2. The SMILES string of the molecule is CC[C@@H]1CN(C(=O)C(C)C)CC[C@@H]1NCc1ccc(Cl)c(F)c1. The van der Waals surface area contributed by atoms with E-state index in [1.165, 1.54) is 6.07 Å². The third-order valence-corrected chi connectivity index (χ3v) is 4.92. The standard InChI is InChI=1S/C18H26ClFN2O/c1-4-14-11-22(18(23)12(2)3)8-7-17(14)21-10-13-5-6-15(19)16(20)9-13/h5-6,9,12,14,17,21H,4,7-8,10-11H2,1-3H3/t14-,17+/m1/s1. The van der Waals surface area contributed by atoms with E-state index < -0.39 is 0 Å². The highest BCUT2D eigenvalue weighted by atomic mass is 35.5. The van der Waals surface area contributed by atoms with Gasteiger partial charge in [0.25, 0.3) is 0 Å². The summed E-state index contributed by atoms with van der Waals surface area (Å²) in [7, 11) is 0. The van der Waals surface area contributed by atoms with Gasteiger partial charge < -0.3 is 10.2 Å². The molecular weight excluding hydrogens is 315 g/mol. The van der Waals surface area contributed by atoms with E-state index in [1.54, 1.807) is 6.07 Å². The highest BCUT2D eigenvalue weighted by Gasteiger charge is 2.30. The summed E-state index contributed by atoms with van der Waals surface area (Å²) in [5.41, 5.74) is 0.891. The Hall–Kier alpha value is -1.13. The van der Waals surface area contributed by atoms with Crippen LogP contribution in [0.25, 0.3) is 0 Å². The van der Waals surface area contributed by atoms with Gasteiger partial charge in [0.05, 0.1) is 5.02 Å². The highest BCUT2D eigenvalue weighted by molar-refractivity contribution is 6.30. The number of carbonyl (C=O) groups is 1. The van der Waals surface area contributed by atoms with E-state index >= 15 is 0 Å². The van der Waals surface area contributed by atoms with Gasteiger partial charge in [-0.15, -0.1) is 0 Å². The molecule has 2 rings (SSSR count). The second-order valence-corrected chi connectivity index (χ2v) is 7.04. The lowest BCUT2D eigenvalue weighted by molar-refractivity contribution is -0.136. The van der Waals surface area contributed by atoms with Gasteiger partial charge >= 0.3 is 0 Å².